The number of aromatic amines is 1. The van der Waals surface area contributed by atoms with Crippen LogP contribution in [0.25, 0.3) is 0 Å². The summed E-state index contributed by atoms with van der Waals surface area (Å²) < 4.78 is 2.07. The van der Waals surface area contributed by atoms with Gasteiger partial charge in [-0.2, -0.15) is 5.10 Å². The number of anilines is 1. The molecule has 0 aliphatic carbocycles. The summed E-state index contributed by atoms with van der Waals surface area (Å²) in [6, 6.07) is 0. The van der Waals surface area contributed by atoms with Crippen molar-refractivity contribution in [2.75, 3.05) is 11.9 Å². The number of nitrogens with zero attached hydrogens (tertiary/aromatic N) is 3. The van der Waals surface area contributed by atoms with Gasteiger partial charge in [0.05, 0.1) is 12.7 Å². The van der Waals surface area contributed by atoms with E-state index < -0.39 is 0 Å². The molecule has 5 nitrogen and oxygen atoms in total. The lowest BCUT2D eigenvalue weighted by atomic mass is 10.2. The van der Waals surface area contributed by atoms with Crippen LogP contribution in [-0.4, -0.2) is 26.3 Å². The molecule has 5 heteroatoms. The smallest absolute Gasteiger partial charge is 0.203 e. The Labute approximate surface area is 88.5 Å². The number of hydrogen-bond donors (Lipinski definition) is 2. The Morgan fingerprint density at radius 3 is 3.07 bits per heavy atom. The minimum Gasteiger partial charge on any atom is -0.356 e. The molecular weight excluding hydrogens is 190 g/mol. The maximum absolute atomic E-state index is 4.24. The van der Waals surface area contributed by atoms with Gasteiger partial charge in [0.25, 0.3) is 0 Å². The summed E-state index contributed by atoms with van der Waals surface area (Å²) in [6.45, 7) is 5.75. The van der Waals surface area contributed by atoms with Crippen molar-refractivity contribution in [1.82, 2.24) is 19.7 Å². The summed E-state index contributed by atoms with van der Waals surface area (Å²) in [5.41, 5.74) is 2.29. The number of aryl methyl sites for hydroxylation is 1. The lowest BCUT2D eigenvalue weighted by Gasteiger charge is -2.07. The van der Waals surface area contributed by atoms with Crippen molar-refractivity contribution in [3.63, 3.8) is 0 Å². The average Bonchev–Trinajstić information content (AvgIpc) is 2.80. The molecule has 2 N–H and O–H groups in total. The van der Waals surface area contributed by atoms with E-state index in [9.17, 15) is 0 Å². The number of nitrogens with one attached hydrogen (secondary N) is 2. The minimum atomic E-state index is 0.796. The Hall–Kier alpha value is -1.78. The van der Waals surface area contributed by atoms with Gasteiger partial charge in [0.15, 0.2) is 0 Å². The molecule has 0 unspecified atom stereocenters. The summed E-state index contributed by atoms with van der Waals surface area (Å²) in [7, 11) is 0. The molecule has 15 heavy (non-hydrogen) atoms. The van der Waals surface area contributed by atoms with Gasteiger partial charge in [0.1, 0.15) is 0 Å². The van der Waals surface area contributed by atoms with E-state index in [2.05, 4.69) is 32.0 Å². The van der Waals surface area contributed by atoms with Crippen LogP contribution in [0.3, 0.4) is 0 Å². The van der Waals surface area contributed by atoms with Crippen LogP contribution in [0.15, 0.2) is 18.6 Å². The van der Waals surface area contributed by atoms with Crippen molar-refractivity contribution in [3.05, 3.63) is 29.8 Å². The fourth-order valence-corrected chi connectivity index (χ4v) is 1.48. The van der Waals surface area contributed by atoms with Gasteiger partial charge in [-0.1, -0.05) is 0 Å². The third kappa shape index (κ3) is 2.01. The Morgan fingerprint density at radius 2 is 2.40 bits per heavy atom. The van der Waals surface area contributed by atoms with Crippen LogP contribution < -0.4 is 5.32 Å². The van der Waals surface area contributed by atoms with Gasteiger partial charge in [-0.15, -0.1) is 0 Å². The highest BCUT2D eigenvalue weighted by Crippen LogP contribution is 2.10. The molecule has 0 aliphatic rings. The second-order valence-corrected chi connectivity index (χ2v) is 3.43. The van der Waals surface area contributed by atoms with Crippen LogP contribution in [0, 0.1) is 6.92 Å². The molecule has 0 saturated carbocycles. The number of aromatic nitrogens is 4. The molecule has 2 heterocycles. The summed E-state index contributed by atoms with van der Waals surface area (Å²) in [5.74, 6) is 0.901. The molecule has 2 aromatic heterocycles. The van der Waals surface area contributed by atoms with E-state index in [4.69, 9.17) is 0 Å². The van der Waals surface area contributed by atoms with Crippen LogP contribution in [0.2, 0.25) is 0 Å². The molecule has 80 valence electrons. The van der Waals surface area contributed by atoms with Crippen molar-refractivity contribution >= 4 is 5.95 Å². The topological polar surface area (TPSA) is 58.5 Å². The van der Waals surface area contributed by atoms with E-state index in [1.54, 1.807) is 6.20 Å². The third-order valence-electron chi connectivity index (χ3n) is 2.33. The number of hydrogen-bond acceptors (Lipinski definition) is 3. The molecule has 0 spiro atoms. The van der Waals surface area contributed by atoms with Crippen LogP contribution >= 0.6 is 0 Å². The second-order valence-electron chi connectivity index (χ2n) is 3.43. The quantitative estimate of drug-likeness (QED) is 0.793. The monoisotopic (exact) mass is 205 g/mol. The normalized spacial score (nSPS) is 10.5. The summed E-state index contributed by atoms with van der Waals surface area (Å²) in [5, 5.41) is 10.1. The fraction of sp³-hybridized carbons (Fsp3) is 0.400. The van der Waals surface area contributed by atoms with Crippen molar-refractivity contribution in [2.24, 2.45) is 0 Å². The van der Waals surface area contributed by atoms with Gasteiger partial charge >= 0.3 is 0 Å². The fourth-order valence-electron chi connectivity index (χ4n) is 1.48. The first-order chi connectivity index (χ1) is 7.31. The molecule has 0 amide bonds. The first-order valence-corrected chi connectivity index (χ1v) is 5.05. The van der Waals surface area contributed by atoms with Gasteiger partial charge in [-0.25, -0.2) is 4.98 Å². The van der Waals surface area contributed by atoms with E-state index in [-0.39, 0.29) is 0 Å². The highest BCUT2D eigenvalue weighted by atomic mass is 15.2. The summed E-state index contributed by atoms with van der Waals surface area (Å²) in [4.78, 5) is 4.24. The summed E-state index contributed by atoms with van der Waals surface area (Å²) in [6.07, 6.45) is 5.61. The maximum atomic E-state index is 4.24. The zero-order chi connectivity index (χ0) is 10.7. The zero-order valence-electron chi connectivity index (χ0n) is 8.99. The highest BCUT2D eigenvalue weighted by Gasteiger charge is 2.05. The molecule has 0 radical (unpaired) electrons. The van der Waals surface area contributed by atoms with E-state index >= 15 is 0 Å². The Kier molecular flexibility index (Phi) is 2.71. The lowest BCUT2D eigenvalue weighted by Crippen LogP contribution is -2.07. The van der Waals surface area contributed by atoms with E-state index in [1.165, 1.54) is 5.56 Å². The van der Waals surface area contributed by atoms with Gasteiger partial charge in [-0.05, 0) is 13.8 Å². The number of imidazole rings is 1. The average molecular weight is 205 g/mol. The third-order valence-corrected chi connectivity index (χ3v) is 2.33. The predicted molar refractivity (Wildman–Crippen MR) is 58.8 cm³/mol. The van der Waals surface area contributed by atoms with Crippen LogP contribution in [0.1, 0.15) is 18.2 Å². The lowest BCUT2D eigenvalue weighted by molar-refractivity contribution is 0.795. The number of rotatable bonds is 4. The van der Waals surface area contributed by atoms with Gasteiger partial charge < -0.3 is 9.88 Å². The zero-order valence-corrected chi connectivity index (χ0v) is 8.99. The molecule has 0 atom stereocenters. The van der Waals surface area contributed by atoms with E-state index in [0.717, 1.165) is 24.7 Å². The first kappa shape index (κ1) is 9.76. The standard InChI is InChI=1S/C10H15N5/c1-3-11-10-12-4-5-15(10)7-9-6-13-14-8(9)2/h4-6H,3,7H2,1-2H3,(H,11,12)(H,13,14). The Morgan fingerprint density at radius 1 is 1.53 bits per heavy atom. The second kappa shape index (κ2) is 4.16. The van der Waals surface area contributed by atoms with Crippen molar-refractivity contribution < 1.29 is 0 Å². The SMILES string of the molecule is CCNc1nccn1Cc1cn[nH]c1C. The molecule has 0 fully saturated rings. The van der Waals surface area contributed by atoms with E-state index in [0.29, 0.717) is 0 Å². The highest BCUT2D eigenvalue weighted by molar-refractivity contribution is 5.27. The minimum absolute atomic E-state index is 0.796. The van der Waals surface area contributed by atoms with Crippen LogP contribution in [0.5, 0.6) is 0 Å². The first-order valence-electron chi connectivity index (χ1n) is 5.05. The van der Waals surface area contributed by atoms with Crippen molar-refractivity contribution in [1.29, 1.82) is 0 Å². The molecule has 0 saturated heterocycles. The predicted octanol–water partition coefficient (Wildman–Crippen LogP) is 1.39. The van der Waals surface area contributed by atoms with Crippen molar-refractivity contribution in [2.45, 2.75) is 20.4 Å². The maximum Gasteiger partial charge on any atom is 0.203 e. The molecule has 0 aliphatic heterocycles. The van der Waals surface area contributed by atoms with Crippen molar-refractivity contribution in [3.8, 4) is 0 Å². The molecule has 2 aromatic rings. The molecule has 2 rings (SSSR count). The molecule has 0 bridgehead atoms. The number of H-pyrrole nitrogens is 1. The van der Waals surface area contributed by atoms with Gasteiger partial charge in [0, 0.05) is 30.2 Å². The van der Waals surface area contributed by atoms with Gasteiger partial charge in [0.2, 0.25) is 5.95 Å². The van der Waals surface area contributed by atoms with Crippen LogP contribution in [-0.2, 0) is 6.54 Å². The Balaban J connectivity index is 2.17. The van der Waals surface area contributed by atoms with Crippen LogP contribution in [0.4, 0.5) is 5.95 Å². The molecular formula is C10H15N5. The Bertz CT molecular complexity index is 428. The summed E-state index contributed by atoms with van der Waals surface area (Å²) >= 11 is 0. The molecule has 0 aromatic carbocycles. The van der Waals surface area contributed by atoms with Gasteiger partial charge in [-0.3, -0.25) is 5.10 Å². The largest absolute Gasteiger partial charge is 0.356 e. The van der Waals surface area contributed by atoms with E-state index in [1.807, 2.05) is 19.3 Å².